The van der Waals surface area contributed by atoms with Gasteiger partial charge in [0.15, 0.2) is 0 Å². The SMILES string of the molecule is CSc1cc(C=O)cc(C)c1F. The third kappa shape index (κ3) is 1.67. The molecule has 1 rings (SSSR count). The molecule has 0 aromatic heterocycles. The van der Waals surface area contributed by atoms with Gasteiger partial charge < -0.3 is 0 Å². The molecule has 0 unspecified atom stereocenters. The molecule has 0 spiro atoms. The Morgan fingerprint density at radius 2 is 2.17 bits per heavy atom. The van der Waals surface area contributed by atoms with Gasteiger partial charge in [-0.2, -0.15) is 0 Å². The maximum absolute atomic E-state index is 13.2. The number of rotatable bonds is 2. The molecule has 0 fully saturated rings. The van der Waals surface area contributed by atoms with Crippen molar-refractivity contribution in [3.05, 3.63) is 29.1 Å². The van der Waals surface area contributed by atoms with E-state index in [1.165, 1.54) is 11.8 Å². The molecule has 0 radical (unpaired) electrons. The molecule has 64 valence electrons. The summed E-state index contributed by atoms with van der Waals surface area (Å²) in [6.45, 7) is 1.65. The van der Waals surface area contributed by atoms with Gasteiger partial charge in [-0.15, -0.1) is 11.8 Å². The third-order valence-corrected chi connectivity index (χ3v) is 2.34. The molecule has 0 aliphatic heterocycles. The normalized spacial score (nSPS) is 9.92. The van der Waals surface area contributed by atoms with Crippen LogP contribution in [-0.2, 0) is 0 Å². The smallest absolute Gasteiger partial charge is 0.150 e. The number of carbonyl (C=O) groups is 1. The molecule has 0 heterocycles. The van der Waals surface area contributed by atoms with Crippen molar-refractivity contribution >= 4 is 18.0 Å². The van der Waals surface area contributed by atoms with Crippen molar-refractivity contribution in [2.45, 2.75) is 11.8 Å². The fraction of sp³-hybridized carbons (Fsp3) is 0.222. The molecule has 0 amide bonds. The van der Waals surface area contributed by atoms with Crippen molar-refractivity contribution in [3.63, 3.8) is 0 Å². The van der Waals surface area contributed by atoms with E-state index in [2.05, 4.69) is 0 Å². The van der Waals surface area contributed by atoms with Crippen LogP contribution in [0, 0.1) is 12.7 Å². The summed E-state index contributed by atoms with van der Waals surface area (Å²) >= 11 is 1.31. The third-order valence-electron chi connectivity index (χ3n) is 1.60. The molecule has 1 aromatic carbocycles. The Morgan fingerprint density at radius 1 is 1.50 bits per heavy atom. The molecular weight excluding hydrogens is 175 g/mol. The fourth-order valence-corrected chi connectivity index (χ4v) is 1.57. The summed E-state index contributed by atoms with van der Waals surface area (Å²) < 4.78 is 13.2. The molecular formula is C9H9FOS. The van der Waals surface area contributed by atoms with E-state index >= 15 is 0 Å². The summed E-state index contributed by atoms with van der Waals surface area (Å²) in [4.78, 5) is 10.9. The molecule has 0 atom stereocenters. The van der Waals surface area contributed by atoms with Gasteiger partial charge in [-0.25, -0.2) is 4.39 Å². The number of aryl methyl sites for hydroxylation is 1. The van der Waals surface area contributed by atoms with Crippen LogP contribution in [0.15, 0.2) is 17.0 Å². The van der Waals surface area contributed by atoms with Gasteiger partial charge in [0.25, 0.3) is 0 Å². The second kappa shape index (κ2) is 3.72. The molecule has 1 aromatic rings. The van der Waals surface area contributed by atoms with Crippen molar-refractivity contribution < 1.29 is 9.18 Å². The predicted molar refractivity (Wildman–Crippen MR) is 48.3 cm³/mol. The Balaban J connectivity index is 3.28. The van der Waals surface area contributed by atoms with Crippen molar-refractivity contribution in [3.8, 4) is 0 Å². The highest BCUT2D eigenvalue weighted by atomic mass is 32.2. The lowest BCUT2D eigenvalue weighted by Gasteiger charge is -2.03. The first-order valence-corrected chi connectivity index (χ1v) is 4.71. The quantitative estimate of drug-likeness (QED) is 0.519. The maximum atomic E-state index is 13.2. The van der Waals surface area contributed by atoms with Gasteiger partial charge in [0.05, 0.1) is 0 Å². The second-order valence-corrected chi connectivity index (χ2v) is 3.32. The lowest BCUT2D eigenvalue weighted by atomic mass is 10.1. The summed E-state index contributed by atoms with van der Waals surface area (Å²) in [5, 5.41) is 0. The average molecular weight is 184 g/mol. The van der Waals surface area contributed by atoms with Crippen LogP contribution in [0.25, 0.3) is 0 Å². The van der Waals surface area contributed by atoms with Crippen LogP contribution < -0.4 is 0 Å². The molecule has 0 aliphatic carbocycles. The Hall–Kier alpha value is -0.830. The highest BCUT2D eigenvalue weighted by molar-refractivity contribution is 7.98. The van der Waals surface area contributed by atoms with Gasteiger partial charge in [-0.1, -0.05) is 0 Å². The second-order valence-electron chi connectivity index (χ2n) is 2.47. The highest BCUT2D eigenvalue weighted by Crippen LogP contribution is 2.22. The first-order chi connectivity index (χ1) is 5.69. The molecule has 0 aliphatic rings. The van der Waals surface area contributed by atoms with Gasteiger partial charge in [-0.05, 0) is 30.9 Å². The van der Waals surface area contributed by atoms with Gasteiger partial charge in [0, 0.05) is 10.5 Å². The topological polar surface area (TPSA) is 17.1 Å². The molecule has 0 bridgehead atoms. The summed E-state index contributed by atoms with van der Waals surface area (Å²) in [5.41, 5.74) is 1.04. The van der Waals surface area contributed by atoms with Crippen molar-refractivity contribution in [1.29, 1.82) is 0 Å². The van der Waals surface area contributed by atoms with Crippen LogP contribution >= 0.6 is 11.8 Å². The Kier molecular flexibility index (Phi) is 2.87. The number of hydrogen-bond acceptors (Lipinski definition) is 2. The van der Waals surface area contributed by atoms with Crippen LogP contribution in [0.5, 0.6) is 0 Å². The van der Waals surface area contributed by atoms with E-state index < -0.39 is 0 Å². The molecule has 0 saturated carbocycles. The lowest BCUT2D eigenvalue weighted by Crippen LogP contribution is -1.90. The Bertz CT molecular complexity index is 310. The standard InChI is InChI=1S/C9H9FOS/c1-6-3-7(5-11)4-8(12-2)9(6)10/h3-5H,1-2H3. The van der Waals surface area contributed by atoms with E-state index in [0.717, 1.165) is 6.29 Å². The predicted octanol–water partition coefficient (Wildman–Crippen LogP) is 2.67. The van der Waals surface area contributed by atoms with E-state index in [-0.39, 0.29) is 5.82 Å². The zero-order valence-corrected chi connectivity index (χ0v) is 7.74. The van der Waals surface area contributed by atoms with E-state index in [1.54, 1.807) is 25.3 Å². The molecule has 1 nitrogen and oxygen atoms in total. The first kappa shape index (κ1) is 9.26. The summed E-state index contributed by atoms with van der Waals surface area (Å²) in [7, 11) is 0. The highest BCUT2D eigenvalue weighted by Gasteiger charge is 2.05. The van der Waals surface area contributed by atoms with Crippen LogP contribution in [0.3, 0.4) is 0 Å². The van der Waals surface area contributed by atoms with E-state index in [4.69, 9.17) is 0 Å². The largest absolute Gasteiger partial charge is 0.298 e. The molecule has 0 saturated heterocycles. The van der Waals surface area contributed by atoms with Gasteiger partial charge in [-0.3, -0.25) is 4.79 Å². The number of aldehydes is 1. The summed E-state index contributed by atoms with van der Waals surface area (Å²) in [6, 6.07) is 3.10. The number of benzene rings is 1. The monoisotopic (exact) mass is 184 g/mol. The van der Waals surface area contributed by atoms with Crippen LogP contribution in [0.1, 0.15) is 15.9 Å². The van der Waals surface area contributed by atoms with Crippen molar-refractivity contribution in [2.75, 3.05) is 6.26 Å². The van der Waals surface area contributed by atoms with Crippen LogP contribution in [-0.4, -0.2) is 12.5 Å². The number of halogens is 1. The van der Waals surface area contributed by atoms with Gasteiger partial charge >= 0.3 is 0 Å². The number of hydrogen-bond donors (Lipinski definition) is 0. The Morgan fingerprint density at radius 3 is 2.67 bits per heavy atom. The Labute approximate surface area is 75.0 Å². The molecule has 0 N–H and O–H groups in total. The number of thioether (sulfide) groups is 1. The van der Waals surface area contributed by atoms with Gasteiger partial charge in [0.2, 0.25) is 0 Å². The number of carbonyl (C=O) groups excluding carboxylic acids is 1. The minimum Gasteiger partial charge on any atom is -0.298 e. The molecule has 3 heteroatoms. The van der Waals surface area contributed by atoms with Crippen LogP contribution in [0.2, 0.25) is 0 Å². The lowest BCUT2D eigenvalue weighted by molar-refractivity contribution is 0.112. The maximum Gasteiger partial charge on any atom is 0.150 e. The van der Waals surface area contributed by atoms with Crippen molar-refractivity contribution in [2.24, 2.45) is 0 Å². The summed E-state index contributed by atoms with van der Waals surface area (Å²) in [5.74, 6) is -0.229. The minimum atomic E-state index is -0.229. The van der Waals surface area contributed by atoms with Crippen molar-refractivity contribution in [1.82, 2.24) is 0 Å². The van der Waals surface area contributed by atoms with E-state index in [1.807, 2.05) is 0 Å². The van der Waals surface area contributed by atoms with Crippen LogP contribution in [0.4, 0.5) is 4.39 Å². The molecule has 12 heavy (non-hydrogen) atoms. The minimum absolute atomic E-state index is 0.229. The first-order valence-electron chi connectivity index (χ1n) is 3.48. The van der Waals surface area contributed by atoms with Gasteiger partial charge in [0.1, 0.15) is 12.1 Å². The summed E-state index contributed by atoms with van der Waals surface area (Å²) in [6.07, 6.45) is 2.51. The zero-order chi connectivity index (χ0) is 9.14. The zero-order valence-electron chi connectivity index (χ0n) is 6.93. The average Bonchev–Trinajstić information content (AvgIpc) is 2.09. The van der Waals surface area contributed by atoms with E-state index in [9.17, 15) is 9.18 Å². The fourth-order valence-electron chi connectivity index (χ4n) is 0.981. The van der Waals surface area contributed by atoms with E-state index in [0.29, 0.717) is 16.0 Å².